The molecule has 1 aliphatic heterocycles. The normalized spacial score (nSPS) is 17.2. The van der Waals surface area contributed by atoms with Crippen LogP contribution >= 0.6 is 0 Å². The van der Waals surface area contributed by atoms with Crippen molar-refractivity contribution in [2.45, 2.75) is 52.7 Å². The summed E-state index contributed by atoms with van der Waals surface area (Å²) in [6, 6.07) is 5.59. The fourth-order valence-corrected chi connectivity index (χ4v) is 2.78. The highest BCUT2D eigenvalue weighted by Crippen LogP contribution is 2.24. The molecule has 0 aromatic heterocycles. The summed E-state index contributed by atoms with van der Waals surface area (Å²) in [5.41, 5.74) is 3.25. The van der Waals surface area contributed by atoms with E-state index in [0.29, 0.717) is 26.1 Å². The van der Waals surface area contributed by atoms with E-state index in [-0.39, 0.29) is 24.1 Å². The summed E-state index contributed by atoms with van der Waals surface area (Å²) >= 11 is 0. The molecule has 0 spiro atoms. The van der Waals surface area contributed by atoms with Crippen molar-refractivity contribution in [3.8, 4) is 0 Å². The summed E-state index contributed by atoms with van der Waals surface area (Å²) in [6.45, 7) is 9.74. The summed E-state index contributed by atoms with van der Waals surface area (Å²) in [4.78, 5) is 26.0. The van der Waals surface area contributed by atoms with Gasteiger partial charge in [-0.15, -0.1) is 0 Å². The first-order valence-corrected chi connectivity index (χ1v) is 8.90. The van der Waals surface area contributed by atoms with Gasteiger partial charge in [0.15, 0.2) is 0 Å². The van der Waals surface area contributed by atoms with Gasteiger partial charge in [-0.25, -0.2) is 4.79 Å². The van der Waals surface area contributed by atoms with Crippen LogP contribution in [-0.2, 0) is 9.53 Å². The number of aryl methyl sites for hydroxylation is 2. The van der Waals surface area contributed by atoms with E-state index in [2.05, 4.69) is 10.6 Å². The van der Waals surface area contributed by atoms with Crippen LogP contribution in [0, 0.1) is 13.8 Å². The lowest BCUT2D eigenvalue weighted by Crippen LogP contribution is -2.43. The molecule has 6 heteroatoms. The Hall–Kier alpha value is -2.08. The van der Waals surface area contributed by atoms with Gasteiger partial charge in [0.25, 0.3) is 0 Å². The van der Waals surface area contributed by atoms with Gasteiger partial charge in [-0.05, 0) is 57.4 Å². The van der Waals surface area contributed by atoms with Crippen LogP contribution in [0.3, 0.4) is 0 Å². The number of nitrogens with one attached hydrogen (secondary N) is 2. The Morgan fingerprint density at radius 2 is 2.08 bits per heavy atom. The maximum Gasteiger partial charge on any atom is 0.315 e. The highest BCUT2D eigenvalue weighted by Gasteiger charge is 2.31. The molecular weight excluding hydrogens is 318 g/mol. The number of hydrogen-bond acceptors (Lipinski definition) is 3. The molecule has 25 heavy (non-hydrogen) atoms. The van der Waals surface area contributed by atoms with E-state index in [1.165, 1.54) is 5.56 Å². The number of carbonyl (C=O) groups excluding carboxylic acids is 2. The predicted octanol–water partition coefficient (Wildman–Crippen LogP) is 2.52. The minimum absolute atomic E-state index is 0.0406. The monoisotopic (exact) mass is 347 g/mol. The first kappa shape index (κ1) is 19.2. The Morgan fingerprint density at radius 3 is 2.76 bits per heavy atom. The maximum atomic E-state index is 12.3. The summed E-state index contributed by atoms with van der Waals surface area (Å²) in [6.07, 6.45) is 1.30. The van der Waals surface area contributed by atoms with Crippen LogP contribution in [0.25, 0.3) is 0 Å². The summed E-state index contributed by atoms with van der Waals surface area (Å²) in [5.74, 6) is 0.0406. The molecule has 1 aromatic carbocycles. The molecule has 1 aliphatic rings. The summed E-state index contributed by atoms with van der Waals surface area (Å²) < 4.78 is 5.43. The highest BCUT2D eigenvalue weighted by atomic mass is 16.5. The zero-order chi connectivity index (χ0) is 18.4. The van der Waals surface area contributed by atoms with Gasteiger partial charge in [-0.3, -0.25) is 4.79 Å². The highest BCUT2D eigenvalue weighted by molar-refractivity contribution is 5.96. The lowest BCUT2D eigenvalue weighted by Gasteiger charge is -2.18. The lowest BCUT2D eigenvalue weighted by atomic mass is 10.1. The molecule has 0 saturated carbocycles. The quantitative estimate of drug-likeness (QED) is 0.745. The Labute approximate surface area is 149 Å². The van der Waals surface area contributed by atoms with E-state index in [9.17, 15) is 9.59 Å². The van der Waals surface area contributed by atoms with E-state index in [1.54, 1.807) is 4.90 Å². The smallest absolute Gasteiger partial charge is 0.315 e. The van der Waals surface area contributed by atoms with Crippen LogP contribution in [-0.4, -0.2) is 43.8 Å². The zero-order valence-electron chi connectivity index (χ0n) is 15.6. The van der Waals surface area contributed by atoms with Gasteiger partial charge in [0.1, 0.15) is 0 Å². The van der Waals surface area contributed by atoms with Crippen LogP contribution in [0.1, 0.15) is 37.8 Å². The maximum absolute atomic E-state index is 12.3. The van der Waals surface area contributed by atoms with Crippen LogP contribution in [0.5, 0.6) is 0 Å². The first-order valence-electron chi connectivity index (χ1n) is 8.90. The minimum Gasteiger partial charge on any atom is -0.379 e. The third-order valence-corrected chi connectivity index (χ3v) is 4.32. The Bertz CT molecular complexity index is 616. The van der Waals surface area contributed by atoms with Crippen molar-refractivity contribution < 1.29 is 14.3 Å². The van der Waals surface area contributed by atoms with Gasteiger partial charge in [0, 0.05) is 31.8 Å². The van der Waals surface area contributed by atoms with Crippen molar-refractivity contribution >= 4 is 17.6 Å². The number of rotatable bonds is 7. The summed E-state index contributed by atoms with van der Waals surface area (Å²) in [7, 11) is 0. The average molecular weight is 347 g/mol. The van der Waals surface area contributed by atoms with Gasteiger partial charge in [-0.1, -0.05) is 6.07 Å². The number of benzene rings is 1. The Morgan fingerprint density at radius 1 is 1.32 bits per heavy atom. The molecule has 2 N–H and O–H groups in total. The second kappa shape index (κ2) is 8.85. The van der Waals surface area contributed by atoms with Crippen molar-refractivity contribution in [1.82, 2.24) is 10.6 Å². The molecule has 0 radical (unpaired) electrons. The third kappa shape index (κ3) is 5.74. The average Bonchev–Trinajstić information content (AvgIpc) is 2.89. The molecule has 6 nitrogen and oxygen atoms in total. The molecule has 1 heterocycles. The zero-order valence-corrected chi connectivity index (χ0v) is 15.6. The Balaban J connectivity index is 1.78. The van der Waals surface area contributed by atoms with E-state index in [1.807, 2.05) is 45.9 Å². The van der Waals surface area contributed by atoms with E-state index >= 15 is 0 Å². The van der Waals surface area contributed by atoms with Gasteiger partial charge in [-0.2, -0.15) is 0 Å². The number of urea groups is 1. The van der Waals surface area contributed by atoms with Crippen molar-refractivity contribution in [3.63, 3.8) is 0 Å². The van der Waals surface area contributed by atoms with Crippen molar-refractivity contribution in [3.05, 3.63) is 29.3 Å². The predicted molar refractivity (Wildman–Crippen MR) is 98.9 cm³/mol. The number of ether oxygens (including phenoxy) is 1. The van der Waals surface area contributed by atoms with Crippen molar-refractivity contribution in [1.29, 1.82) is 0 Å². The topological polar surface area (TPSA) is 70.7 Å². The fourth-order valence-electron chi connectivity index (χ4n) is 2.78. The molecule has 2 rings (SSSR count). The second-order valence-corrected chi connectivity index (χ2v) is 6.85. The van der Waals surface area contributed by atoms with Gasteiger partial charge in [0.2, 0.25) is 5.91 Å². The summed E-state index contributed by atoms with van der Waals surface area (Å²) in [5, 5.41) is 5.69. The third-order valence-electron chi connectivity index (χ3n) is 4.32. The van der Waals surface area contributed by atoms with E-state index < -0.39 is 0 Å². The molecule has 1 aromatic rings. The first-order chi connectivity index (χ1) is 11.9. The largest absolute Gasteiger partial charge is 0.379 e. The van der Waals surface area contributed by atoms with Crippen molar-refractivity contribution in [2.75, 3.05) is 24.6 Å². The number of amides is 3. The molecular formula is C19H29N3O3. The van der Waals surface area contributed by atoms with E-state index in [0.717, 1.165) is 17.7 Å². The molecule has 1 atom stereocenters. The van der Waals surface area contributed by atoms with Crippen molar-refractivity contribution in [2.24, 2.45) is 0 Å². The second-order valence-electron chi connectivity index (χ2n) is 6.85. The molecule has 0 aliphatic carbocycles. The van der Waals surface area contributed by atoms with Crippen LogP contribution in [0.15, 0.2) is 18.2 Å². The number of hydrogen-bond donors (Lipinski definition) is 2. The fraction of sp³-hybridized carbons (Fsp3) is 0.579. The van der Waals surface area contributed by atoms with Crippen LogP contribution in [0.2, 0.25) is 0 Å². The number of carbonyl (C=O) groups is 2. The van der Waals surface area contributed by atoms with Gasteiger partial charge in [0.05, 0.1) is 12.1 Å². The minimum atomic E-state index is -0.232. The molecule has 1 fully saturated rings. The Kier molecular flexibility index (Phi) is 6.82. The van der Waals surface area contributed by atoms with Gasteiger partial charge < -0.3 is 20.3 Å². The molecule has 1 saturated heterocycles. The number of nitrogens with zero attached hydrogens (tertiary/aromatic N) is 1. The van der Waals surface area contributed by atoms with Crippen LogP contribution in [0.4, 0.5) is 10.5 Å². The SMILES string of the molecule is Cc1ccc(N2CC(NC(=O)NCCCOC(C)C)CC2=O)cc1C. The van der Waals surface area contributed by atoms with Crippen LogP contribution < -0.4 is 15.5 Å². The molecule has 0 bridgehead atoms. The molecule has 138 valence electrons. The molecule has 1 unspecified atom stereocenters. The standard InChI is InChI=1S/C19H29N3O3/c1-13(2)25-9-5-8-20-19(24)21-16-11-18(23)22(12-16)17-7-6-14(3)15(4)10-17/h6-7,10,13,16H,5,8-9,11-12H2,1-4H3,(H2,20,21,24). The van der Waals surface area contributed by atoms with E-state index in [4.69, 9.17) is 4.74 Å². The number of anilines is 1. The lowest BCUT2D eigenvalue weighted by molar-refractivity contribution is -0.117. The van der Waals surface area contributed by atoms with Gasteiger partial charge >= 0.3 is 6.03 Å². The molecule has 3 amide bonds.